The highest BCUT2D eigenvalue weighted by Crippen LogP contribution is 2.57. The minimum Gasteiger partial charge on any atom is -0.301 e. The molecule has 0 spiro atoms. The Kier molecular flexibility index (Phi) is 8.51. The number of benzene rings is 2. The molecule has 2 heterocycles. The zero-order valence-corrected chi connectivity index (χ0v) is 25.4. The van der Waals surface area contributed by atoms with Crippen LogP contribution in [0.3, 0.4) is 0 Å². The number of fused-ring (bicyclic) bond motifs is 6. The van der Waals surface area contributed by atoms with Crippen LogP contribution in [0.5, 0.6) is 0 Å². The summed E-state index contributed by atoms with van der Waals surface area (Å²) in [6.45, 7) is 8.17. The Morgan fingerprint density at radius 3 is 2.64 bits per heavy atom. The average Bonchev–Trinajstić information content (AvgIpc) is 3.49. The molecule has 4 atom stereocenters. The average molecular weight is 573 g/mol. The summed E-state index contributed by atoms with van der Waals surface area (Å²) in [5.74, 6) is -0.0599. The summed E-state index contributed by atoms with van der Waals surface area (Å²) in [5, 5.41) is 16.2. The molecule has 0 aliphatic heterocycles. The van der Waals surface area contributed by atoms with Gasteiger partial charge in [-0.05, 0) is 52.3 Å². The van der Waals surface area contributed by atoms with Gasteiger partial charge in [-0.2, -0.15) is 5.26 Å². The number of pyridine rings is 1. The molecule has 2 aliphatic rings. The number of carbonyl (C=O) groups excluding carboxylic acids is 1. The van der Waals surface area contributed by atoms with Crippen molar-refractivity contribution in [2.45, 2.75) is 51.9 Å². The first-order valence-electron chi connectivity index (χ1n) is 14.5. The maximum atomic E-state index is 14.1. The maximum absolute atomic E-state index is 14.1. The van der Waals surface area contributed by atoms with Crippen molar-refractivity contribution in [3.05, 3.63) is 125 Å². The molecule has 0 saturated carbocycles. The van der Waals surface area contributed by atoms with E-state index in [2.05, 4.69) is 59.7 Å². The van der Waals surface area contributed by atoms with Crippen molar-refractivity contribution < 1.29 is 4.79 Å². The highest BCUT2D eigenvalue weighted by atomic mass is 32.1. The van der Waals surface area contributed by atoms with Gasteiger partial charge in [0, 0.05) is 30.1 Å². The molecule has 212 valence electrons. The normalized spacial score (nSPS) is 25.3. The Morgan fingerprint density at radius 2 is 1.86 bits per heavy atom. The van der Waals surface area contributed by atoms with Crippen LogP contribution in [0.25, 0.3) is 11.1 Å². The fourth-order valence-electron chi connectivity index (χ4n) is 6.54. The molecule has 6 heteroatoms. The second-order valence-electron chi connectivity index (χ2n) is 11.1. The third-order valence-electron chi connectivity index (χ3n) is 8.36. The predicted molar refractivity (Wildman–Crippen MR) is 171 cm³/mol. The van der Waals surface area contributed by atoms with E-state index in [-0.39, 0.29) is 17.7 Å². The van der Waals surface area contributed by atoms with Crippen LogP contribution in [0.15, 0.2) is 103 Å². The number of hydrogen-bond donors (Lipinski definition) is 1. The number of nitriles is 1. The fourth-order valence-corrected chi connectivity index (χ4v) is 7.25. The highest BCUT2D eigenvalue weighted by Gasteiger charge is 2.55. The number of nitrogens with zero attached hydrogens (tertiary/aromatic N) is 3. The van der Waals surface area contributed by atoms with Gasteiger partial charge in [-0.1, -0.05) is 101 Å². The van der Waals surface area contributed by atoms with Gasteiger partial charge >= 0.3 is 0 Å². The minimum atomic E-state index is -0.874. The molecule has 1 N–H and O–H groups in total. The lowest BCUT2D eigenvalue weighted by atomic mass is 9.53. The summed E-state index contributed by atoms with van der Waals surface area (Å²) in [7, 11) is 0. The second kappa shape index (κ2) is 12.3. The minimum absolute atomic E-state index is 0.0725. The molecule has 0 fully saturated rings. The number of carbonyl (C=O) groups is 1. The molecule has 42 heavy (non-hydrogen) atoms. The SMILES string of the molecule is CC.CC1/C=C\C=C/C2(C#N)CC(C)(C(=O)Nc3nc(Cc4cccc(-c5ccncc5)c4)cs3)C1c1ccccc12. The van der Waals surface area contributed by atoms with Gasteiger partial charge in [0.05, 0.1) is 17.2 Å². The smallest absolute Gasteiger partial charge is 0.232 e. The maximum Gasteiger partial charge on any atom is 0.232 e. The molecule has 1 amide bonds. The highest BCUT2D eigenvalue weighted by molar-refractivity contribution is 7.13. The monoisotopic (exact) mass is 572 g/mol. The van der Waals surface area contributed by atoms with Crippen LogP contribution in [-0.2, 0) is 16.6 Å². The van der Waals surface area contributed by atoms with Crippen molar-refractivity contribution in [3.8, 4) is 17.2 Å². The van der Waals surface area contributed by atoms with Crippen molar-refractivity contribution in [3.63, 3.8) is 0 Å². The van der Waals surface area contributed by atoms with Crippen LogP contribution in [0.2, 0.25) is 0 Å². The van der Waals surface area contributed by atoms with Crippen molar-refractivity contribution in [1.29, 1.82) is 5.26 Å². The van der Waals surface area contributed by atoms with E-state index in [1.54, 1.807) is 12.4 Å². The van der Waals surface area contributed by atoms with Gasteiger partial charge in [-0.3, -0.25) is 9.78 Å². The lowest BCUT2D eigenvalue weighted by Gasteiger charge is -2.48. The number of anilines is 1. The van der Waals surface area contributed by atoms with Crippen LogP contribution in [0.1, 0.15) is 62.4 Å². The summed E-state index contributed by atoms with van der Waals surface area (Å²) >= 11 is 1.44. The first-order chi connectivity index (χ1) is 20.4. The molecule has 2 bridgehead atoms. The molecule has 0 radical (unpaired) electrons. The van der Waals surface area contributed by atoms with Gasteiger partial charge in [0.15, 0.2) is 5.13 Å². The van der Waals surface area contributed by atoms with Gasteiger partial charge < -0.3 is 5.32 Å². The Balaban J connectivity index is 0.00000173. The first kappa shape index (κ1) is 29.2. The van der Waals surface area contributed by atoms with Crippen molar-refractivity contribution in [2.75, 3.05) is 5.32 Å². The van der Waals surface area contributed by atoms with Crippen LogP contribution in [0, 0.1) is 22.7 Å². The standard InChI is InChI=1S/C34H30N4OS.C2H6/c1-23-8-5-6-15-34(22-35)21-33(2,30(23)28-11-3-4-12-29(28)34)31(39)38-32-37-27(20-40-32)19-24-9-7-10-26(18-24)25-13-16-36-17-14-25;1-2/h3-18,20,23,30H,19,21H2,1-2H3,(H,37,38,39);1-2H3/b8-5-,15-6-;. The molecule has 2 aliphatic carbocycles. The quantitative estimate of drug-likeness (QED) is 0.260. The molecular formula is C36H36N4OS. The Hall–Kier alpha value is -4.34. The molecule has 5 nitrogen and oxygen atoms in total. The summed E-state index contributed by atoms with van der Waals surface area (Å²) in [5.41, 5.74) is 4.71. The van der Waals surface area contributed by atoms with Crippen LogP contribution < -0.4 is 5.32 Å². The van der Waals surface area contributed by atoms with Gasteiger partial charge in [-0.15, -0.1) is 11.3 Å². The van der Waals surface area contributed by atoms with Crippen molar-refractivity contribution >= 4 is 22.4 Å². The van der Waals surface area contributed by atoms with Crippen molar-refractivity contribution in [1.82, 2.24) is 9.97 Å². The van der Waals surface area contributed by atoms with Crippen molar-refractivity contribution in [2.24, 2.45) is 11.3 Å². The number of rotatable bonds is 5. The molecule has 4 aromatic rings. The van der Waals surface area contributed by atoms with Crippen LogP contribution in [-0.4, -0.2) is 15.9 Å². The van der Waals surface area contributed by atoms with Crippen LogP contribution >= 0.6 is 11.3 Å². The van der Waals surface area contributed by atoms with E-state index in [4.69, 9.17) is 4.98 Å². The van der Waals surface area contributed by atoms with Crippen LogP contribution in [0.4, 0.5) is 5.13 Å². The Bertz CT molecular complexity index is 1670. The molecule has 0 saturated heterocycles. The number of aromatic nitrogens is 2. The number of thiazole rings is 1. The largest absolute Gasteiger partial charge is 0.301 e. The van der Waals surface area contributed by atoms with Gasteiger partial charge in [-0.25, -0.2) is 4.98 Å². The Morgan fingerprint density at radius 1 is 1.07 bits per heavy atom. The summed E-state index contributed by atoms with van der Waals surface area (Å²) in [6, 6.07) is 23.1. The molecule has 6 rings (SSSR count). The van der Waals surface area contributed by atoms with E-state index in [0.717, 1.165) is 33.5 Å². The summed E-state index contributed by atoms with van der Waals surface area (Å²) in [6.07, 6.45) is 12.7. The molecule has 2 aromatic carbocycles. The zero-order chi connectivity index (χ0) is 29.7. The molecule has 2 aromatic heterocycles. The lowest BCUT2D eigenvalue weighted by molar-refractivity contribution is -0.128. The van der Waals surface area contributed by atoms with E-state index in [1.165, 1.54) is 11.3 Å². The number of allylic oxidation sites excluding steroid dienone is 4. The van der Waals surface area contributed by atoms with Gasteiger partial charge in [0.25, 0.3) is 0 Å². The van der Waals surface area contributed by atoms with E-state index < -0.39 is 10.8 Å². The topological polar surface area (TPSA) is 78.7 Å². The molecule has 4 unspecified atom stereocenters. The zero-order valence-electron chi connectivity index (χ0n) is 24.5. The number of nitrogens with one attached hydrogen (secondary N) is 1. The lowest BCUT2D eigenvalue weighted by Crippen LogP contribution is -2.49. The third-order valence-corrected chi connectivity index (χ3v) is 9.16. The third kappa shape index (κ3) is 5.45. The van der Waals surface area contributed by atoms with E-state index in [0.29, 0.717) is 18.0 Å². The van der Waals surface area contributed by atoms with E-state index in [1.807, 2.05) is 74.7 Å². The van der Waals surface area contributed by atoms with E-state index >= 15 is 0 Å². The van der Waals surface area contributed by atoms with Gasteiger partial charge in [0.1, 0.15) is 5.41 Å². The van der Waals surface area contributed by atoms with Gasteiger partial charge in [0.2, 0.25) is 5.91 Å². The number of amides is 1. The molecular weight excluding hydrogens is 536 g/mol. The predicted octanol–water partition coefficient (Wildman–Crippen LogP) is 8.48. The van der Waals surface area contributed by atoms with E-state index in [9.17, 15) is 10.1 Å². The first-order valence-corrected chi connectivity index (χ1v) is 15.4. The fraction of sp³-hybridized carbons (Fsp3) is 0.278. The summed E-state index contributed by atoms with van der Waals surface area (Å²) < 4.78 is 0. The number of hydrogen-bond acceptors (Lipinski definition) is 5. The summed E-state index contributed by atoms with van der Waals surface area (Å²) in [4.78, 5) is 23.0. The Labute approximate surface area is 252 Å². The second-order valence-corrected chi connectivity index (χ2v) is 11.9.